The van der Waals surface area contributed by atoms with Crippen molar-refractivity contribution in [2.45, 2.75) is 31.0 Å². The first-order valence-electron chi connectivity index (χ1n) is 9.55. The lowest BCUT2D eigenvalue weighted by molar-refractivity contribution is -0.0765. The number of fused-ring (bicyclic) bond motifs is 2. The maximum atomic E-state index is 10.9. The van der Waals surface area contributed by atoms with Crippen LogP contribution in [0, 0.1) is 0 Å². The predicted octanol–water partition coefficient (Wildman–Crippen LogP) is 1.65. The van der Waals surface area contributed by atoms with Gasteiger partial charge in [-0.3, -0.25) is 4.98 Å². The molecule has 0 bridgehead atoms. The van der Waals surface area contributed by atoms with Gasteiger partial charge in [-0.05, 0) is 31.2 Å². The minimum atomic E-state index is -1.53. The molecule has 4 atom stereocenters. The fraction of sp³-hybridized carbons (Fsp3) is 0.286. The third-order valence-corrected chi connectivity index (χ3v) is 5.62. The molecule has 0 radical (unpaired) electrons. The summed E-state index contributed by atoms with van der Waals surface area (Å²) in [5.41, 5.74) is 5.69. The molecule has 5 rings (SSSR count). The zero-order valence-corrected chi connectivity index (χ0v) is 16.2. The normalized spacial score (nSPS) is 26.4. The summed E-state index contributed by atoms with van der Waals surface area (Å²) >= 11 is 0. The van der Waals surface area contributed by atoms with E-state index in [1.807, 2.05) is 30.3 Å². The maximum Gasteiger partial charge on any atom is 0.164 e. The fourth-order valence-electron chi connectivity index (χ4n) is 3.79. The van der Waals surface area contributed by atoms with Crippen molar-refractivity contribution in [3.63, 3.8) is 0 Å². The molecular weight excluding hydrogens is 386 g/mol. The maximum absolute atomic E-state index is 10.9. The van der Waals surface area contributed by atoms with Crippen LogP contribution in [0.3, 0.4) is 0 Å². The van der Waals surface area contributed by atoms with Crippen LogP contribution in [-0.2, 0) is 4.74 Å². The lowest BCUT2D eigenvalue weighted by Crippen LogP contribution is -2.47. The smallest absolute Gasteiger partial charge is 0.164 e. The van der Waals surface area contributed by atoms with Gasteiger partial charge in [-0.1, -0.05) is 6.07 Å². The number of nitrogens with zero attached hydrogens (tertiary/aromatic N) is 4. The minimum Gasteiger partial charge on any atom is -0.491 e. The number of benzene rings is 1. The van der Waals surface area contributed by atoms with E-state index in [4.69, 9.17) is 15.2 Å². The van der Waals surface area contributed by atoms with Crippen LogP contribution in [0.15, 0.2) is 55.1 Å². The number of anilines is 1. The Balaban J connectivity index is 1.38. The fourth-order valence-corrected chi connectivity index (χ4v) is 3.79. The van der Waals surface area contributed by atoms with E-state index in [0.717, 1.165) is 10.9 Å². The van der Waals surface area contributed by atoms with Crippen molar-refractivity contribution in [3.8, 4) is 5.75 Å². The van der Waals surface area contributed by atoms with Gasteiger partial charge in [-0.15, -0.1) is 0 Å². The molecule has 1 aliphatic rings. The van der Waals surface area contributed by atoms with Gasteiger partial charge in [0.05, 0.1) is 10.9 Å². The first-order valence-corrected chi connectivity index (χ1v) is 9.55. The molecular formula is C21H21N5O4. The van der Waals surface area contributed by atoms with Crippen LogP contribution in [0.4, 0.5) is 5.82 Å². The van der Waals surface area contributed by atoms with Crippen LogP contribution in [0.2, 0.25) is 0 Å². The van der Waals surface area contributed by atoms with Crippen molar-refractivity contribution in [2.24, 2.45) is 0 Å². The molecule has 0 aliphatic carbocycles. The molecule has 4 N–H and O–H groups in total. The van der Waals surface area contributed by atoms with Crippen molar-refractivity contribution >= 4 is 27.8 Å². The van der Waals surface area contributed by atoms with E-state index < -0.39 is 24.0 Å². The highest BCUT2D eigenvalue weighted by Gasteiger charge is 2.53. The Kier molecular flexibility index (Phi) is 4.31. The molecule has 3 aromatic heterocycles. The zero-order chi connectivity index (χ0) is 20.9. The molecule has 9 nitrogen and oxygen atoms in total. The van der Waals surface area contributed by atoms with E-state index in [1.54, 1.807) is 23.0 Å². The summed E-state index contributed by atoms with van der Waals surface area (Å²) in [6.45, 7) is 1.58. The van der Waals surface area contributed by atoms with E-state index in [-0.39, 0.29) is 6.61 Å². The van der Waals surface area contributed by atoms with Gasteiger partial charge in [0.25, 0.3) is 0 Å². The van der Waals surface area contributed by atoms with Gasteiger partial charge in [0.2, 0.25) is 0 Å². The van der Waals surface area contributed by atoms with Crippen molar-refractivity contribution < 1.29 is 19.7 Å². The van der Waals surface area contributed by atoms with Crippen LogP contribution in [0.1, 0.15) is 13.2 Å². The van der Waals surface area contributed by atoms with Crippen LogP contribution in [0.25, 0.3) is 21.9 Å². The standard InChI is InChI=1S/C21H21N5O4/c1-21(28)16(10-29-13-5-4-12-3-2-7-23-15(12)9-13)30-20(17(21)27)26-8-6-14-18(22)24-11-25-19(14)26/h2-9,11,16-17,20,27-28H,10H2,1H3,(H2,22,24,25). The number of aromatic nitrogens is 4. The Labute approximate surface area is 171 Å². The van der Waals surface area contributed by atoms with Crippen LogP contribution in [0.5, 0.6) is 5.75 Å². The van der Waals surface area contributed by atoms with E-state index in [9.17, 15) is 10.2 Å². The van der Waals surface area contributed by atoms with Crippen molar-refractivity contribution in [1.82, 2.24) is 19.5 Å². The molecule has 1 aromatic carbocycles. The highest BCUT2D eigenvalue weighted by molar-refractivity contribution is 5.86. The third-order valence-electron chi connectivity index (χ3n) is 5.62. The Morgan fingerprint density at radius 2 is 2.10 bits per heavy atom. The summed E-state index contributed by atoms with van der Waals surface area (Å²) in [6, 6.07) is 11.2. The van der Waals surface area contributed by atoms with Gasteiger partial charge in [0.15, 0.2) is 6.23 Å². The molecule has 1 fully saturated rings. The van der Waals surface area contributed by atoms with Gasteiger partial charge < -0.3 is 30.0 Å². The number of rotatable bonds is 4. The van der Waals surface area contributed by atoms with Crippen LogP contribution in [-0.4, -0.2) is 54.1 Å². The third kappa shape index (κ3) is 2.95. The van der Waals surface area contributed by atoms with Gasteiger partial charge >= 0.3 is 0 Å². The highest BCUT2D eigenvalue weighted by Crippen LogP contribution is 2.39. The topological polar surface area (TPSA) is 129 Å². The second-order valence-electron chi connectivity index (χ2n) is 7.57. The second-order valence-corrected chi connectivity index (χ2v) is 7.57. The Morgan fingerprint density at radius 1 is 1.23 bits per heavy atom. The van der Waals surface area contributed by atoms with E-state index >= 15 is 0 Å². The molecule has 0 amide bonds. The van der Waals surface area contributed by atoms with Crippen LogP contribution < -0.4 is 10.5 Å². The monoisotopic (exact) mass is 407 g/mol. The lowest BCUT2D eigenvalue weighted by atomic mass is 9.95. The summed E-state index contributed by atoms with van der Waals surface area (Å²) in [4.78, 5) is 12.5. The first kappa shape index (κ1) is 18.7. The van der Waals surface area contributed by atoms with E-state index in [1.165, 1.54) is 13.3 Å². The highest BCUT2D eigenvalue weighted by atomic mass is 16.6. The molecule has 1 saturated heterocycles. The minimum absolute atomic E-state index is 0.0508. The average molecular weight is 407 g/mol. The number of nitrogen functional groups attached to an aromatic ring is 1. The first-order chi connectivity index (χ1) is 14.4. The molecule has 0 spiro atoms. The number of hydrogen-bond acceptors (Lipinski definition) is 8. The van der Waals surface area contributed by atoms with Gasteiger partial charge in [0, 0.05) is 23.8 Å². The van der Waals surface area contributed by atoms with Gasteiger partial charge in [0.1, 0.15) is 48.0 Å². The number of nitrogens with two attached hydrogens (primary N) is 1. The summed E-state index contributed by atoms with van der Waals surface area (Å²) in [5, 5.41) is 23.4. The second kappa shape index (κ2) is 6.91. The predicted molar refractivity (Wildman–Crippen MR) is 110 cm³/mol. The number of aliphatic hydroxyl groups is 2. The van der Waals surface area contributed by atoms with Crippen molar-refractivity contribution in [2.75, 3.05) is 12.3 Å². The average Bonchev–Trinajstić information content (AvgIpc) is 3.27. The van der Waals surface area contributed by atoms with Crippen molar-refractivity contribution in [3.05, 3.63) is 55.1 Å². The molecule has 9 heteroatoms. The van der Waals surface area contributed by atoms with Crippen LogP contribution >= 0.6 is 0 Å². The number of pyridine rings is 1. The largest absolute Gasteiger partial charge is 0.491 e. The molecule has 4 aromatic rings. The number of hydrogen-bond donors (Lipinski definition) is 3. The molecule has 4 heterocycles. The summed E-state index contributed by atoms with van der Waals surface area (Å²) in [5.74, 6) is 0.938. The Hall–Kier alpha value is -3.27. The van der Waals surface area contributed by atoms with E-state index in [2.05, 4.69) is 15.0 Å². The number of aliphatic hydroxyl groups excluding tert-OH is 1. The molecule has 4 unspecified atom stereocenters. The molecule has 0 saturated carbocycles. The molecule has 30 heavy (non-hydrogen) atoms. The Bertz CT molecular complexity index is 1220. The molecule has 154 valence electrons. The van der Waals surface area contributed by atoms with Gasteiger partial charge in [-0.25, -0.2) is 9.97 Å². The number of ether oxygens (including phenoxy) is 2. The van der Waals surface area contributed by atoms with Crippen molar-refractivity contribution in [1.29, 1.82) is 0 Å². The summed E-state index contributed by atoms with van der Waals surface area (Å²) in [6.07, 6.45) is 1.96. The zero-order valence-electron chi connectivity index (χ0n) is 16.2. The van der Waals surface area contributed by atoms with E-state index in [0.29, 0.717) is 22.6 Å². The SMILES string of the molecule is CC1(O)C(COc2ccc3cccnc3c2)OC(n2ccc3c(N)ncnc32)C1O. The van der Waals surface area contributed by atoms with Gasteiger partial charge in [-0.2, -0.15) is 0 Å². The molecule has 1 aliphatic heterocycles. The summed E-state index contributed by atoms with van der Waals surface area (Å²) in [7, 11) is 0. The lowest BCUT2D eigenvalue weighted by Gasteiger charge is -2.26. The summed E-state index contributed by atoms with van der Waals surface area (Å²) < 4.78 is 13.5. The quantitative estimate of drug-likeness (QED) is 0.466. The Morgan fingerprint density at radius 3 is 2.97 bits per heavy atom.